The van der Waals surface area contributed by atoms with Gasteiger partial charge >= 0.3 is 0 Å². The number of carbonyl (C=O) groups excluding carboxylic acids is 1. The van der Waals surface area contributed by atoms with Crippen molar-refractivity contribution in [3.8, 4) is 0 Å². The molecule has 1 aliphatic carbocycles. The fraction of sp³-hybridized carbons (Fsp3) is 0.667. The van der Waals surface area contributed by atoms with Gasteiger partial charge in [0, 0.05) is 13.1 Å². The molecule has 0 unspecified atom stereocenters. The van der Waals surface area contributed by atoms with E-state index in [4.69, 9.17) is 5.73 Å². The molecule has 0 aliphatic heterocycles. The molecule has 2 rings (SSSR count). The van der Waals surface area contributed by atoms with Gasteiger partial charge in [0.25, 0.3) is 5.91 Å². The Morgan fingerprint density at radius 2 is 2.15 bits per heavy atom. The molecule has 1 saturated carbocycles. The van der Waals surface area contributed by atoms with Crippen molar-refractivity contribution in [2.45, 2.75) is 46.0 Å². The number of rotatable bonds is 8. The molecule has 1 aliphatic rings. The zero-order valence-electron chi connectivity index (χ0n) is 12.4. The highest BCUT2D eigenvalue weighted by Crippen LogP contribution is 2.49. The van der Waals surface area contributed by atoms with E-state index in [9.17, 15) is 4.79 Å². The van der Waals surface area contributed by atoms with Gasteiger partial charge in [-0.3, -0.25) is 4.79 Å². The lowest BCUT2D eigenvalue weighted by Gasteiger charge is -2.14. The summed E-state index contributed by atoms with van der Waals surface area (Å²) >= 11 is 1.46. The number of nitrogen functional groups attached to an aromatic ring is 1. The lowest BCUT2D eigenvalue weighted by molar-refractivity contribution is 0.0958. The third-order valence-electron chi connectivity index (χ3n) is 3.88. The van der Waals surface area contributed by atoms with Crippen LogP contribution in [0.1, 0.15) is 55.6 Å². The van der Waals surface area contributed by atoms with Crippen LogP contribution >= 0.6 is 11.3 Å². The van der Waals surface area contributed by atoms with E-state index in [0.29, 0.717) is 22.5 Å². The molecule has 1 aromatic rings. The van der Waals surface area contributed by atoms with Gasteiger partial charge in [0.15, 0.2) is 0 Å². The molecular formula is C15H25N3OS. The van der Waals surface area contributed by atoms with Crippen molar-refractivity contribution in [2.75, 3.05) is 24.1 Å². The summed E-state index contributed by atoms with van der Waals surface area (Å²) in [6, 6.07) is 1.88. The van der Waals surface area contributed by atoms with Crippen LogP contribution in [0.15, 0.2) is 6.07 Å². The number of nitrogens with two attached hydrogens (primary N) is 1. The number of nitrogens with one attached hydrogen (secondary N) is 2. The quantitative estimate of drug-likeness (QED) is 0.688. The molecule has 4 N–H and O–H groups in total. The normalized spacial score (nSPS) is 15.9. The number of amides is 1. The maximum atomic E-state index is 11.9. The number of anilines is 2. The molecule has 5 heteroatoms. The van der Waals surface area contributed by atoms with Gasteiger partial charge in [-0.1, -0.05) is 20.3 Å². The van der Waals surface area contributed by atoms with E-state index in [0.717, 1.165) is 18.0 Å². The fourth-order valence-electron chi connectivity index (χ4n) is 2.49. The Bertz CT molecular complexity index is 466. The van der Waals surface area contributed by atoms with Gasteiger partial charge in [0.05, 0.1) is 10.7 Å². The first-order valence-electron chi connectivity index (χ1n) is 7.51. The minimum Gasteiger partial charge on any atom is -0.397 e. The predicted octanol–water partition coefficient (Wildman–Crippen LogP) is 3.46. The number of hydrogen-bond donors (Lipinski definition) is 3. The molecule has 1 heterocycles. The Morgan fingerprint density at radius 1 is 1.40 bits per heavy atom. The van der Waals surface area contributed by atoms with Crippen molar-refractivity contribution >= 4 is 27.9 Å². The van der Waals surface area contributed by atoms with Crippen LogP contribution in [0.4, 0.5) is 10.7 Å². The van der Waals surface area contributed by atoms with E-state index in [2.05, 4.69) is 17.6 Å². The van der Waals surface area contributed by atoms with Crippen LogP contribution in [0.2, 0.25) is 0 Å². The summed E-state index contributed by atoms with van der Waals surface area (Å²) in [4.78, 5) is 12.6. The number of hydrogen-bond acceptors (Lipinski definition) is 4. The molecule has 0 bridgehead atoms. The second-order valence-electron chi connectivity index (χ2n) is 5.75. The highest BCUT2D eigenvalue weighted by Gasteiger charge is 2.41. The lowest BCUT2D eigenvalue weighted by atomic mass is 10.0. The first-order valence-corrected chi connectivity index (χ1v) is 8.33. The molecule has 0 radical (unpaired) electrons. The zero-order chi connectivity index (χ0) is 14.6. The molecular weight excluding hydrogens is 270 g/mol. The van der Waals surface area contributed by atoms with E-state index in [1.807, 2.05) is 13.0 Å². The first kappa shape index (κ1) is 15.2. The molecule has 0 saturated heterocycles. The maximum Gasteiger partial charge on any atom is 0.263 e. The Labute approximate surface area is 125 Å². The van der Waals surface area contributed by atoms with Crippen LogP contribution in [0.25, 0.3) is 0 Å². The molecule has 0 spiro atoms. The van der Waals surface area contributed by atoms with Crippen molar-refractivity contribution in [2.24, 2.45) is 5.41 Å². The highest BCUT2D eigenvalue weighted by atomic mass is 32.1. The van der Waals surface area contributed by atoms with Crippen LogP contribution in [0.3, 0.4) is 0 Å². The van der Waals surface area contributed by atoms with Crippen molar-refractivity contribution in [3.63, 3.8) is 0 Å². The average Bonchev–Trinajstić information content (AvgIpc) is 3.09. The summed E-state index contributed by atoms with van der Waals surface area (Å²) in [6.45, 7) is 5.96. The standard InChI is InChI=1S/C15H25N3OS/c1-3-5-15(6-7-15)10-18-12-9-11(16)13(20-12)14(19)17-8-4-2/h9,18H,3-8,10,16H2,1-2H3,(H,17,19). The SMILES string of the molecule is CCCNC(=O)c1sc(NCC2(CCC)CC2)cc1N. The van der Waals surface area contributed by atoms with Crippen LogP contribution in [-0.4, -0.2) is 19.0 Å². The van der Waals surface area contributed by atoms with E-state index in [1.165, 1.54) is 37.0 Å². The molecule has 20 heavy (non-hydrogen) atoms. The van der Waals surface area contributed by atoms with E-state index in [1.54, 1.807) is 0 Å². The van der Waals surface area contributed by atoms with Crippen LogP contribution in [0, 0.1) is 5.41 Å². The Balaban J connectivity index is 1.92. The van der Waals surface area contributed by atoms with Gasteiger partial charge in [-0.25, -0.2) is 0 Å². The summed E-state index contributed by atoms with van der Waals surface area (Å²) < 4.78 is 0. The molecule has 1 aromatic heterocycles. The molecule has 0 aromatic carbocycles. The van der Waals surface area contributed by atoms with Crippen LogP contribution in [0.5, 0.6) is 0 Å². The van der Waals surface area contributed by atoms with Crippen molar-refractivity contribution in [3.05, 3.63) is 10.9 Å². The predicted molar refractivity (Wildman–Crippen MR) is 86.4 cm³/mol. The van der Waals surface area contributed by atoms with E-state index in [-0.39, 0.29) is 5.91 Å². The highest BCUT2D eigenvalue weighted by molar-refractivity contribution is 7.18. The summed E-state index contributed by atoms with van der Waals surface area (Å²) in [6.07, 6.45) is 6.09. The van der Waals surface area contributed by atoms with E-state index >= 15 is 0 Å². The second-order valence-corrected chi connectivity index (χ2v) is 6.81. The van der Waals surface area contributed by atoms with Gasteiger partial charge in [-0.05, 0) is 37.2 Å². The zero-order valence-corrected chi connectivity index (χ0v) is 13.2. The van der Waals surface area contributed by atoms with Gasteiger partial charge in [0.1, 0.15) is 4.88 Å². The third-order valence-corrected chi connectivity index (χ3v) is 4.98. The molecule has 112 valence electrons. The topological polar surface area (TPSA) is 67.2 Å². The maximum absolute atomic E-state index is 11.9. The summed E-state index contributed by atoms with van der Waals surface area (Å²) in [5.74, 6) is -0.0582. The first-order chi connectivity index (χ1) is 9.60. The minimum absolute atomic E-state index is 0.0582. The Hall–Kier alpha value is -1.23. The van der Waals surface area contributed by atoms with Gasteiger partial charge in [-0.15, -0.1) is 11.3 Å². The largest absolute Gasteiger partial charge is 0.397 e. The van der Waals surface area contributed by atoms with Crippen LogP contribution < -0.4 is 16.4 Å². The third kappa shape index (κ3) is 3.66. The smallest absolute Gasteiger partial charge is 0.263 e. The number of carbonyl (C=O) groups is 1. The fourth-order valence-corrected chi connectivity index (χ4v) is 3.38. The van der Waals surface area contributed by atoms with Crippen molar-refractivity contribution in [1.29, 1.82) is 0 Å². The summed E-state index contributed by atoms with van der Waals surface area (Å²) in [7, 11) is 0. The monoisotopic (exact) mass is 295 g/mol. The lowest BCUT2D eigenvalue weighted by Crippen LogP contribution is -2.23. The molecule has 1 fully saturated rings. The minimum atomic E-state index is -0.0582. The molecule has 0 atom stereocenters. The summed E-state index contributed by atoms with van der Waals surface area (Å²) in [5, 5.41) is 7.34. The summed E-state index contributed by atoms with van der Waals surface area (Å²) in [5.41, 5.74) is 7.01. The van der Waals surface area contributed by atoms with Crippen molar-refractivity contribution < 1.29 is 4.79 Å². The van der Waals surface area contributed by atoms with Gasteiger partial charge < -0.3 is 16.4 Å². The second kappa shape index (κ2) is 6.48. The van der Waals surface area contributed by atoms with Crippen LogP contribution in [-0.2, 0) is 0 Å². The molecule has 1 amide bonds. The van der Waals surface area contributed by atoms with Gasteiger partial charge in [-0.2, -0.15) is 0 Å². The molecule has 4 nitrogen and oxygen atoms in total. The van der Waals surface area contributed by atoms with E-state index < -0.39 is 0 Å². The number of thiophene rings is 1. The Morgan fingerprint density at radius 3 is 2.75 bits per heavy atom. The van der Waals surface area contributed by atoms with Crippen molar-refractivity contribution in [1.82, 2.24) is 5.32 Å². The van der Waals surface area contributed by atoms with Gasteiger partial charge in [0.2, 0.25) is 0 Å². The Kier molecular flexibility index (Phi) is 4.91. The average molecular weight is 295 g/mol.